The van der Waals surface area contributed by atoms with Crippen molar-refractivity contribution in [1.29, 1.82) is 0 Å². The van der Waals surface area contributed by atoms with Gasteiger partial charge in [-0.1, -0.05) is 0 Å². The normalized spacial score (nSPS) is 9.43. The summed E-state index contributed by atoms with van der Waals surface area (Å²) in [6.45, 7) is 0. The molecule has 0 N–H and O–H groups in total. The lowest BCUT2D eigenvalue weighted by Crippen LogP contribution is -1.49. The molecule has 1 heterocycles. The highest BCUT2D eigenvalue weighted by Gasteiger charge is 1.92. The van der Waals surface area contributed by atoms with E-state index in [9.17, 15) is 4.39 Å². The van der Waals surface area contributed by atoms with Crippen LogP contribution >= 0.6 is 27.5 Å². The van der Waals surface area contributed by atoms with E-state index in [-0.39, 0.29) is 5.13 Å². The first-order chi connectivity index (χ1) is 3.29. The molecule has 38 valence electrons. The molecule has 0 aliphatic carbocycles. The molecule has 0 unspecified atom stereocenters. The van der Waals surface area contributed by atoms with Crippen LogP contribution in [0.3, 0.4) is 0 Å². The summed E-state index contributed by atoms with van der Waals surface area (Å²) in [6.07, 6.45) is 0. The molecule has 1 nitrogen and oxygen atoms in total. The lowest BCUT2D eigenvalue weighted by Gasteiger charge is -1.62. The van der Waals surface area contributed by atoms with E-state index in [1.807, 2.05) is 0 Å². The van der Waals surface area contributed by atoms with Gasteiger partial charge in [-0.25, -0.2) is 0 Å². The van der Waals surface area contributed by atoms with E-state index in [0.29, 0.717) is 4.60 Å². The summed E-state index contributed by atoms with van der Waals surface area (Å²) in [5, 5.41) is -0.258. The van der Waals surface area contributed by atoms with Gasteiger partial charge in [-0.2, -0.15) is 8.76 Å². The second-order valence-electron chi connectivity index (χ2n) is 0.954. The smallest absolute Gasteiger partial charge is 0.193 e. The summed E-state index contributed by atoms with van der Waals surface area (Å²) >= 11 is 3.83. The minimum absolute atomic E-state index is 0.258. The van der Waals surface area contributed by atoms with E-state index in [4.69, 9.17) is 0 Å². The summed E-state index contributed by atoms with van der Waals surface area (Å²) in [6, 6.07) is 1.32. The van der Waals surface area contributed by atoms with E-state index in [2.05, 4.69) is 20.3 Å². The summed E-state index contributed by atoms with van der Waals surface area (Å²) < 4.78 is 16.0. The predicted molar refractivity (Wildman–Crippen MR) is 29.8 cm³/mol. The number of aromatic nitrogens is 1. The Morgan fingerprint density at radius 2 is 2.57 bits per heavy atom. The molecule has 0 saturated carbocycles. The van der Waals surface area contributed by atoms with Crippen LogP contribution in [0.15, 0.2) is 10.7 Å². The molecule has 0 spiro atoms. The van der Waals surface area contributed by atoms with Gasteiger partial charge in [0, 0.05) is 6.07 Å². The second-order valence-corrected chi connectivity index (χ2v) is 2.52. The summed E-state index contributed by atoms with van der Waals surface area (Å²) in [4.78, 5) is 0. The van der Waals surface area contributed by atoms with Crippen molar-refractivity contribution in [3.63, 3.8) is 0 Å². The number of hydrogen-bond acceptors (Lipinski definition) is 2. The van der Waals surface area contributed by atoms with E-state index < -0.39 is 0 Å². The Bertz CT molecular complexity index is 147. The van der Waals surface area contributed by atoms with Gasteiger partial charge >= 0.3 is 0 Å². The van der Waals surface area contributed by atoms with Crippen LogP contribution in [0.2, 0.25) is 0 Å². The molecular weight excluding hydrogens is 181 g/mol. The van der Waals surface area contributed by atoms with Gasteiger partial charge in [0.1, 0.15) is 4.60 Å². The molecule has 0 amide bonds. The van der Waals surface area contributed by atoms with Gasteiger partial charge in [0.05, 0.1) is 0 Å². The van der Waals surface area contributed by atoms with Crippen molar-refractivity contribution in [3.05, 3.63) is 15.8 Å². The van der Waals surface area contributed by atoms with Gasteiger partial charge in [-0.15, -0.1) is 0 Å². The Balaban J connectivity index is 3.04. The maximum atomic E-state index is 11.9. The SMILES string of the molecule is Fc1cc(Br)ns1. The standard InChI is InChI=1S/C3HBrFNS/c4-2-1-3(5)7-6-2/h1H. The highest BCUT2D eigenvalue weighted by molar-refractivity contribution is 9.10. The first kappa shape index (κ1) is 5.18. The fraction of sp³-hybridized carbons (Fsp3) is 0. The average Bonchev–Trinajstić information content (AvgIpc) is 1.87. The van der Waals surface area contributed by atoms with E-state index >= 15 is 0 Å². The minimum Gasteiger partial charge on any atom is -0.193 e. The number of rotatable bonds is 0. The molecule has 0 aliphatic heterocycles. The van der Waals surface area contributed by atoms with Gasteiger partial charge in [-0.05, 0) is 27.5 Å². The van der Waals surface area contributed by atoms with Crippen LogP contribution < -0.4 is 0 Å². The van der Waals surface area contributed by atoms with Crippen LogP contribution in [0.4, 0.5) is 4.39 Å². The topological polar surface area (TPSA) is 12.9 Å². The lowest BCUT2D eigenvalue weighted by molar-refractivity contribution is 0.657. The van der Waals surface area contributed by atoms with Crippen molar-refractivity contribution in [2.24, 2.45) is 0 Å². The Morgan fingerprint density at radius 1 is 1.86 bits per heavy atom. The summed E-state index contributed by atoms with van der Waals surface area (Å²) in [7, 11) is 0. The van der Waals surface area contributed by atoms with Crippen LogP contribution in [0.1, 0.15) is 0 Å². The quantitative estimate of drug-likeness (QED) is 0.598. The number of hydrogen-bond donors (Lipinski definition) is 0. The third-order valence-corrected chi connectivity index (χ3v) is 1.67. The summed E-state index contributed by atoms with van der Waals surface area (Å²) in [5.41, 5.74) is 0. The molecule has 0 atom stereocenters. The van der Waals surface area contributed by atoms with Gasteiger partial charge < -0.3 is 0 Å². The van der Waals surface area contributed by atoms with Crippen molar-refractivity contribution < 1.29 is 4.39 Å². The van der Waals surface area contributed by atoms with Crippen LogP contribution in [0.5, 0.6) is 0 Å². The molecule has 0 fully saturated rings. The van der Waals surface area contributed by atoms with Gasteiger partial charge in [0.15, 0.2) is 5.13 Å². The van der Waals surface area contributed by atoms with Crippen LogP contribution in [0.25, 0.3) is 0 Å². The maximum absolute atomic E-state index is 11.9. The fourth-order valence-electron chi connectivity index (χ4n) is 0.234. The molecule has 0 aliphatic rings. The first-order valence-electron chi connectivity index (χ1n) is 1.57. The predicted octanol–water partition coefficient (Wildman–Crippen LogP) is 2.04. The largest absolute Gasteiger partial charge is 0.196 e. The first-order valence-corrected chi connectivity index (χ1v) is 3.13. The van der Waals surface area contributed by atoms with E-state index in [1.54, 1.807) is 0 Å². The van der Waals surface area contributed by atoms with Crippen molar-refractivity contribution in [2.45, 2.75) is 0 Å². The van der Waals surface area contributed by atoms with Gasteiger partial charge in [0.25, 0.3) is 0 Å². The average molecular weight is 182 g/mol. The van der Waals surface area contributed by atoms with Crippen molar-refractivity contribution >= 4 is 27.5 Å². The molecule has 1 aromatic rings. The lowest BCUT2D eigenvalue weighted by atomic mass is 10.8. The molecule has 0 bridgehead atoms. The van der Waals surface area contributed by atoms with Crippen LogP contribution in [0, 0.1) is 5.13 Å². The van der Waals surface area contributed by atoms with Crippen molar-refractivity contribution in [3.8, 4) is 0 Å². The van der Waals surface area contributed by atoms with Crippen LogP contribution in [-0.2, 0) is 0 Å². The van der Waals surface area contributed by atoms with Crippen LogP contribution in [-0.4, -0.2) is 4.37 Å². The summed E-state index contributed by atoms with van der Waals surface area (Å²) in [5.74, 6) is 0. The Labute approximate surface area is 52.5 Å². The monoisotopic (exact) mass is 181 g/mol. The van der Waals surface area contributed by atoms with Crippen molar-refractivity contribution in [1.82, 2.24) is 4.37 Å². The molecular formula is C3HBrFNS. The Hall–Kier alpha value is 0.0400. The zero-order valence-corrected chi connectivity index (χ0v) is 5.59. The molecule has 7 heavy (non-hydrogen) atoms. The molecule has 0 saturated heterocycles. The Morgan fingerprint density at radius 3 is 2.71 bits per heavy atom. The molecule has 0 aromatic carbocycles. The zero-order valence-electron chi connectivity index (χ0n) is 3.19. The highest BCUT2D eigenvalue weighted by atomic mass is 79.9. The third-order valence-electron chi connectivity index (χ3n) is 0.453. The molecule has 4 heteroatoms. The Kier molecular flexibility index (Phi) is 1.39. The number of nitrogens with zero attached hydrogens (tertiary/aromatic N) is 1. The van der Waals surface area contributed by atoms with Crippen molar-refractivity contribution in [2.75, 3.05) is 0 Å². The highest BCUT2D eigenvalue weighted by Crippen LogP contribution is 2.11. The van der Waals surface area contributed by atoms with E-state index in [0.717, 1.165) is 11.5 Å². The third kappa shape index (κ3) is 1.21. The zero-order chi connectivity index (χ0) is 5.28. The number of halogens is 2. The second kappa shape index (κ2) is 1.88. The molecule has 0 radical (unpaired) electrons. The fourth-order valence-corrected chi connectivity index (χ4v) is 1.19. The van der Waals surface area contributed by atoms with Gasteiger partial charge in [0.2, 0.25) is 0 Å². The molecule has 1 rings (SSSR count). The maximum Gasteiger partial charge on any atom is 0.196 e. The molecule has 1 aromatic heterocycles. The minimum atomic E-state index is -0.258. The van der Waals surface area contributed by atoms with E-state index in [1.165, 1.54) is 6.07 Å². The van der Waals surface area contributed by atoms with Gasteiger partial charge in [-0.3, -0.25) is 0 Å².